The zero-order valence-electron chi connectivity index (χ0n) is 18.1. The van der Waals surface area contributed by atoms with Gasteiger partial charge in [0.05, 0.1) is 10.9 Å². The Morgan fingerprint density at radius 2 is 1.79 bits per heavy atom. The van der Waals surface area contributed by atoms with Crippen molar-refractivity contribution in [3.63, 3.8) is 0 Å². The molecule has 0 bridgehead atoms. The van der Waals surface area contributed by atoms with E-state index in [0.29, 0.717) is 53.5 Å². The molecule has 2 aromatic carbocycles. The molecular weight excluding hydrogens is 448 g/mol. The topological polar surface area (TPSA) is 106 Å². The fourth-order valence-electron chi connectivity index (χ4n) is 4.01. The first-order valence-corrected chi connectivity index (χ1v) is 11.6. The molecule has 1 saturated heterocycles. The number of nitrogens with zero attached hydrogens (tertiary/aromatic N) is 5. The average molecular weight is 469 g/mol. The molecule has 1 amide bonds. The van der Waals surface area contributed by atoms with Gasteiger partial charge in [0.1, 0.15) is 16.9 Å². The zero-order chi connectivity index (χ0) is 23.5. The Hall–Kier alpha value is -4.16. The molecule has 3 heterocycles. The highest BCUT2D eigenvalue weighted by atomic mass is 32.2. The second kappa shape index (κ2) is 9.37. The highest BCUT2D eigenvalue weighted by molar-refractivity contribution is 7.99. The minimum atomic E-state index is -0.226. The summed E-state index contributed by atoms with van der Waals surface area (Å²) in [6.07, 6.45) is 1.68. The van der Waals surface area contributed by atoms with E-state index in [1.54, 1.807) is 24.4 Å². The molecule has 5 rings (SSSR count). The Balaban J connectivity index is 1.31. The van der Waals surface area contributed by atoms with Crippen molar-refractivity contribution in [3.05, 3.63) is 88.3 Å². The summed E-state index contributed by atoms with van der Waals surface area (Å²) in [5.74, 6) is 0.624. The number of carbonyl (C=O) groups excluding carboxylic acids is 1. The molecule has 9 heteroatoms. The van der Waals surface area contributed by atoms with Gasteiger partial charge in [-0.1, -0.05) is 36.0 Å². The molecule has 0 aliphatic carbocycles. The molecule has 0 atom stereocenters. The lowest BCUT2D eigenvalue weighted by Gasteiger charge is -2.35. The number of fused-ring (bicyclic) bond motifs is 1. The molecule has 168 valence electrons. The Labute approximate surface area is 199 Å². The maximum absolute atomic E-state index is 13.2. The summed E-state index contributed by atoms with van der Waals surface area (Å²) in [6, 6.07) is 20.5. The number of H-pyrrole nitrogens is 1. The smallest absolute Gasteiger partial charge is 0.272 e. The molecular formula is C25H20N6O2S. The summed E-state index contributed by atoms with van der Waals surface area (Å²) >= 11 is 1.41. The van der Waals surface area contributed by atoms with Gasteiger partial charge in [-0.25, -0.2) is 10.1 Å². The molecule has 1 fully saturated rings. The van der Waals surface area contributed by atoms with E-state index in [2.05, 4.69) is 21.3 Å². The van der Waals surface area contributed by atoms with Gasteiger partial charge in [0, 0.05) is 48.2 Å². The van der Waals surface area contributed by atoms with E-state index in [1.165, 1.54) is 11.8 Å². The van der Waals surface area contributed by atoms with Gasteiger partial charge in [0.25, 0.3) is 11.5 Å². The van der Waals surface area contributed by atoms with Crippen LogP contribution in [-0.4, -0.2) is 52.2 Å². The van der Waals surface area contributed by atoms with Crippen molar-refractivity contribution in [1.29, 1.82) is 5.26 Å². The van der Waals surface area contributed by atoms with Crippen LogP contribution in [0.25, 0.3) is 10.8 Å². The van der Waals surface area contributed by atoms with Crippen LogP contribution in [0.5, 0.6) is 0 Å². The average Bonchev–Trinajstić information content (AvgIpc) is 2.90. The van der Waals surface area contributed by atoms with Crippen LogP contribution in [-0.2, 0) is 0 Å². The number of carbonyl (C=O) groups is 1. The van der Waals surface area contributed by atoms with Gasteiger partial charge in [-0.05, 0) is 36.4 Å². The zero-order valence-corrected chi connectivity index (χ0v) is 19.0. The lowest BCUT2D eigenvalue weighted by Crippen LogP contribution is -2.49. The standard InChI is InChI=1S/C25H20N6O2S/c26-16-18-6-4-10-27-22(18)30-11-13-31(14-12-30)25(33)17-5-3-7-19(15-17)34-24-21-9-2-1-8-20(21)23(32)28-29-24/h1-10,15H,11-14H2,(H,28,32). The molecule has 1 aliphatic heterocycles. The minimum Gasteiger partial charge on any atom is -0.352 e. The predicted octanol–water partition coefficient (Wildman–Crippen LogP) is 3.30. The van der Waals surface area contributed by atoms with Crippen molar-refractivity contribution >= 4 is 34.3 Å². The fourth-order valence-corrected chi connectivity index (χ4v) is 4.95. The number of piperazine rings is 1. The van der Waals surface area contributed by atoms with Gasteiger partial charge < -0.3 is 9.80 Å². The quantitative estimate of drug-likeness (QED) is 0.490. The van der Waals surface area contributed by atoms with E-state index >= 15 is 0 Å². The van der Waals surface area contributed by atoms with Gasteiger partial charge in [0.2, 0.25) is 0 Å². The minimum absolute atomic E-state index is 0.0390. The van der Waals surface area contributed by atoms with Crippen LogP contribution in [0.4, 0.5) is 5.82 Å². The molecule has 0 radical (unpaired) electrons. The van der Waals surface area contributed by atoms with Crippen LogP contribution < -0.4 is 10.5 Å². The van der Waals surface area contributed by atoms with Gasteiger partial charge in [-0.15, -0.1) is 0 Å². The first-order chi connectivity index (χ1) is 16.6. The third-order valence-corrected chi connectivity index (χ3v) is 6.72. The molecule has 2 aromatic heterocycles. The summed E-state index contributed by atoms with van der Waals surface area (Å²) in [6.45, 7) is 2.31. The molecule has 0 spiro atoms. The highest BCUT2D eigenvalue weighted by Gasteiger charge is 2.24. The maximum Gasteiger partial charge on any atom is 0.272 e. The molecule has 34 heavy (non-hydrogen) atoms. The van der Waals surface area contributed by atoms with E-state index in [0.717, 1.165) is 10.3 Å². The van der Waals surface area contributed by atoms with Crippen molar-refractivity contribution in [2.45, 2.75) is 9.92 Å². The number of aromatic amines is 1. The first kappa shape index (κ1) is 21.7. The highest BCUT2D eigenvalue weighted by Crippen LogP contribution is 2.31. The first-order valence-electron chi connectivity index (χ1n) is 10.8. The molecule has 0 saturated carbocycles. The summed E-state index contributed by atoms with van der Waals surface area (Å²) < 4.78 is 0. The third kappa shape index (κ3) is 4.23. The number of rotatable bonds is 4. The SMILES string of the molecule is N#Cc1cccnc1N1CCN(C(=O)c2cccc(Sc3n[nH]c(=O)c4ccccc34)c2)CC1. The number of hydrogen-bond donors (Lipinski definition) is 1. The van der Waals surface area contributed by atoms with Crippen LogP contribution in [0.15, 0.2) is 81.6 Å². The monoisotopic (exact) mass is 468 g/mol. The normalized spacial score (nSPS) is 13.6. The Morgan fingerprint density at radius 1 is 1.00 bits per heavy atom. The van der Waals surface area contributed by atoms with Crippen LogP contribution in [0.3, 0.4) is 0 Å². The Morgan fingerprint density at radius 3 is 2.59 bits per heavy atom. The van der Waals surface area contributed by atoms with E-state index < -0.39 is 0 Å². The number of nitrogens with one attached hydrogen (secondary N) is 1. The van der Waals surface area contributed by atoms with Crippen molar-refractivity contribution in [1.82, 2.24) is 20.1 Å². The lowest BCUT2D eigenvalue weighted by atomic mass is 10.1. The van der Waals surface area contributed by atoms with Crippen LogP contribution in [0, 0.1) is 11.3 Å². The molecule has 1 N–H and O–H groups in total. The van der Waals surface area contributed by atoms with Gasteiger partial charge in [-0.3, -0.25) is 9.59 Å². The van der Waals surface area contributed by atoms with Crippen molar-refractivity contribution in [3.8, 4) is 6.07 Å². The second-order valence-corrected chi connectivity index (χ2v) is 8.86. The number of nitriles is 1. The summed E-state index contributed by atoms with van der Waals surface area (Å²) in [5, 5.41) is 18.1. The summed E-state index contributed by atoms with van der Waals surface area (Å²) in [5.41, 5.74) is 0.911. The van der Waals surface area contributed by atoms with E-state index in [-0.39, 0.29) is 11.5 Å². The van der Waals surface area contributed by atoms with Gasteiger partial charge in [-0.2, -0.15) is 10.4 Å². The number of anilines is 1. The predicted molar refractivity (Wildman–Crippen MR) is 130 cm³/mol. The van der Waals surface area contributed by atoms with Crippen molar-refractivity contribution < 1.29 is 4.79 Å². The van der Waals surface area contributed by atoms with Crippen LogP contribution in [0.1, 0.15) is 15.9 Å². The Bertz CT molecular complexity index is 1470. The van der Waals surface area contributed by atoms with E-state index in [9.17, 15) is 14.9 Å². The fraction of sp³-hybridized carbons (Fsp3) is 0.160. The van der Waals surface area contributed by atoms with E-state index in [1.807, 2.05) is 52.3 Å². The van der Waals surface area contributed by atoms with Crippen LogP contribution >= 0.6 is 11.8 Å². The summed E-state index contributed by atoms with van der Waals surface area (Å²) in [7, 11) is 0. The second-order valence-electron chi connectivity index (χ2n) is 7.80. The van der Waals surface area contributed by atoms with Gasteiger partial charge in [0.15, 0.2) is 0 Å². The molecule has 4 aromatic rings. The number of amides is 1. The van der Waals surface area contributed by atoms with Crippen LogP contribution in [0.2, 0.25) is 0 Å². The molecule has 1 aliphatic rings. The number of pyridine rings is 1. The van der Waals surface area contributed by atoms with Crippen molar-refractivity contribution in [2.24, 2.45) is 0 Å². The number of aromatic nitrogens is 3. The molecule has 0 unspecified atom stereocenters. The number of benzene rings is 2. The van der Waals surface area contributed by atoms with E-state index in [4.69, 9.17) is 0 Å². The molecule has 8 nitrogen and oxygen atoms in total. The Kier molecular flexibility index (Phi) is 5.97. The van der Waals surface area contributed by atoms with Crippen molar-refractivity contribution in [2.75, 3.05) is 31.1 Å². The largest absolute Gasteiger partial charge is 0.352 e. The lowest BCUT2D eigenvalue weighted by molar-refractivity contribution is 0.0746. The maximum atomic E-state index is 13.2. The summed E-state index contributed by atoms with van der Waals surface area (Å²) in [4.78, 5) is 34.3. The number of hydrogen-bond acceptors (Lipinski definition) is 7. The van der Waals surface area contributed by atoms with Gasteiger partial charge >= 0.3 is 0 Å². The third-order valence-electron chi connectivity index (χ3n) is 5.73.